The molecule has 1 aliphatic heterocycles. The fourth-order valence-corrected chi connectivity index (χ4v) is 2.81. The second-order valence-electron chi connectivity index (χ2n) is 6.23. The van der Waals surface area contributed by atoms with Gasteiger partial charge in [-0.25, -0.2) is 0 Å². The lowest BCUT2D eigenvalue weighted by Crippen LogP contribution is -2.47. The molecule has 1 heterocycles. The Bertz CT molecular complexity index is 625. The third-order valence-electron chi connectivity index (χ3n) is 4.38. The van der Waals surface area contributed by atoms with Crippen LogP contribution in [0.25, 0.3) is 0 Å². The molecule has 0 radical (unpaired) electrons. The predicted octanol–water partition coefficient (Wildman–Crippen LogP) is 0.0511. The normalized spacial score (nSPS) is 15.4. The molecule has 2 rings (SSSR count). The molecule has 142 valence electrons. The van der Waals surface area contributed by atoms with E-state index in [4.69, 9.17) is 10.6 Å². The van der Waals surface area contributed by atoms with E-state index in [1.54, 1.807) is 36.3 Å². The second kappa shape index (κ2) is 9.88. The molecule has 0 saturated carbocycles. The Hall–Kier alpha value is -2.45. The van der Waals surface area contributed by atoms with E-state index in [-0.39, 0.29) is 24.5 Å². The summed E-state index contributed by atoms with van der Waals surface area (Å²) in [6, 6.07) is 6.85. The number of carbonyl (C=O) groups excluding carboxylic acids is 2. The minimum atomic E-state index is -0.346. The molecule has 8 heteroatoms. The minimum absolute atomic E-state index is 0.00962. The quantitative estimate of drug-likeness (QED) is 0.405. The molecule has 0 aliphatic carbocycles. The number of amides is 2. The molecule has 1 aromatic rings. The van der Waals surface area contributed by atoms with Gasteiger partial charge in [-0.2, -0.15) is 5.10 Å². The SMILES string of the molecule is COCCN(CC(=O)N1CCC(O)CC1)C(=O)c1ccc(C=NN)cc1. The van der Waals surface area contributed by atoms with Crippen LogP contribution in [0.3, 0.4) is 0 Å². The van der Waals surface area contributed by atoms with E-state index in [1.165, 1.54) is 11.1 Å². The Balaban J connectivity index is 2.05. The van der Waals surface area contributed by atoms with Gasteiger partial charge >= 0.3 is 0 Å². The first-order valence-electron chi connectivity index (χ1n) is 8.62. The number of methoxy groups -OCH3 is 1. The number of benzene rings is 1. The Morgan fingerprint density at radius 1 is 1.35 bits per heavy atom. The van der Waals surface area contributed by atoms with Gasteiger partial charge in [-0.1, -0.05) is 12.1 Å². The molecule has 0 bridgehead atoms. The molecule has 0 atom stereocenters. The zero-order valence-corrected chi connectivity index (χ0v) is 15.0. The van der Waals surface area contributed by atoms with Crippen molar-refractivity contribution in [2.24, 2.45) is 10.9 Å². The fraction of sp³-hybridized carbons (Fsp3) is 0.500. The van der Waals surface area contributed by atoms with Crippen LogP contribution < -0.4 is 5.84 Å². The first-order chi connectivity index (χ1) is 12.5. The predicted molar refractivity (Wildman–Crippen MR) is 97.8 cm³/mol. The van der Waals surface area contributed by atoms with Crippen molar-refractivity contribution >= 4 is 18.0 Å². The number of hydrogen-bond donors (Lipinski definition) is 2. The number of nitrogens with zero attached hydrogens (tertiary/aromatic N) is 3. The lowest BCUT2D eigenvalue weighted by atomic mass is 10.1. The minimum Gasteiger partial charge on any atom is -0.393 e. The summed E-state index contributed by atoms with van der Waals surface area (Å²) in [5, 5.41) is 13.0. The Kier molecular flexibility index (Phi) is 7.55. The number of aliphatic hydroxyl groups excluding tert-OH is 1. The van der Waals surface area contributed by atoms with Gasteiger partial charge in [0.1, 0.15) is 6.54 Å². The van der Waals surface area contributed by atoms with Crippen molar-refractivity contribution in [3.8, 4) is 0 Å². The van der Waals surface area contributed by atoms with Crippen LogP contribution in [0.4, 0.5) is 0 Å². The van der Waals surface area contributed by atoms with Gasteiger partial charge in [-0.15, -0.1) is 0 Å². The van der Waals surface area contributed by atoms with Crippen molar-refractivity contribution in [1.82, 2.24) is 9.80 Å². The molecule has 0 aromatic heterocycles. The van der Waals surface area contributed by atoms with Crippen LogP contribution in [-0.4, -0.2) is 78.9 Å². The molecule has 1 aromatic carbocycles. The van der Waals surface area contributed by atoms with Gasteiger partial charge in [0.25, 0.3) is 5.91 Å². The Morgan fingerprint density at radius 3 is 2.58 bits per heavy atom. The van der Waals surface area contributed by atoms with Crippen LogP contribution in [-0.2, 0) is 9.53 Å². The van der Waals surface area contributed by atoms with E-state index in [0.717, 1.165) is 5.56 Å². The molecule has 1 aliphatic rings. The van der Waals surface area contributed by atoms with E-state index < -0.39 is 0 Å². The van der Waals surface area contributed by atoms with E-state index in [1.807, 2.05) is 0 Å². The molecular formula is C18H26N4O4. The average Bonchev–Trinajstić information content (AvgIpc) is 2.66. The number of likely N-dealkylation sites (tertiary alicyclic amines) is 1. The van der Waals surface area contributed by atoms with Crippen molar-refractivity contribution in [3.05, 3.63) is 35.4 Å². The van der Waals surface area contributed by atoms with Crippen LogP contribution in [0.1, 0.15) is 28.8 Å². The van der Waals surface area contributed by atoms with Gasteiger partial charge in [0.2, 0.25) is 5.91 Å². The van der Waals surface area contributed by atoms with Crippen molar-refractivity contribution in [2.75, 3.05) is 39.9 Å². The summed E-state index contributed by atoms with van der Waals surface area (Å²) in [6.45, 7) is 1.68. The summed E-state index contributed by atoms with van der Waals surface area (Å²) in [5.41, 5.74) is 1.27. The summed E-state index contributed by atoms with van der Waals surface area (Å²) in [6.07, 6.45) is 2.29. The van der Waals surface area contributed by atoms with Gasteiger partial charge in [0, 0.05) is 32.3 Å². The third-order valence-corrected chi connectivity index (χ3v) is 4.38. The highest BCUT2D eigenvalue weighted by atomic mass is 16.5. The maximum Gasteiger partial charge on any atom is 0.254 e. The van der Waals surface area contributed by atoms with Gasteiger partial charge in [-0.05, 0) is 30.5 Å². The molecule has 3 N–H and O–H groups in total. The number of piperidine rings is 1. The highest BCUT2D eigenvalue weighted by molar-refractivity contribution is 5.97. The molecular weight excluding hydrogens is 336 g/mol. The summed E-state index contributed by atoms with van der Waals surface area (Å²) in [7, 11) is 1.55. The lowest BCUT2D eigenvalue weighted by molar-refractivity contribution is -0.134. The first kappa shape index (κ1) is 19.9. The van der Waals surface area contributed by atoms with Gasteiger partial charge < -0.3 is 25.5 Å². The van der Waals surface area contributed by atoms with Crippen LogP contribution in [0.15, 0.2) is 29.4 Å². The third kappa shape index (κ3) is 5.53. The topological polar surface area (TPSA) is 108 Å². The summed E-state index contributed by atoms with van der Waals surface area (Å²) in [5.74, 6) is 4.77. The first-order valence-corrected chi connectivity index (χ1v) is 8.62. The smallest absolute Gasteiger partial charge is 0.254 e. The summed E-state index contributed by atoms with van der Waals surface area (Å²) in [4.78, 5) is 28.5. The maximum atomic E-state index is 12.8. The van der Waals surface area contributed by atoms with Crippen molar-refractivity contribution in [2.45, 2.75) is 18.9 Å². The standard InChI is InChI=1S/C18H26N4O4/c1-26-11-10-22(13-17(24)21-8-6-16(23)7-9-21)18(25)15-4-2-14(3-5-15)12-20-19/h2-5,12,16,23H,6-11,13,19H2,1H3. The van der Waals surface area contributed by atoms with E-state index >= 15 is 0 Å². The molecule has 1 saturated heterocycles. The van der Waals surface area contributed by atoms with Gasteiger partial charge in [0.05, 0.1) is 18.9 Å². The van der Waals surface area contributed by atoms with Crippen LogP contribution in [0, 0.1) is 0 Å². The Morgan fingerprint density at radius 2 is 2.00 bits per heavy atom. The molecule has 1 fully saturated rings. The molecule has 26 heavy (non-hydrogen) atoms. The van der Waals surface area contributed by atoms with E-state index in [0.29, 0.717) is 44.6 Å². The maximum absolute atomic E-state index is 12.8. The number of hydrazone groups is 1. The van der Waals surface area contributed by atoms with Crippen molar-refractivity contribution in [3.63, 3.8) is 0 Å². The lowest BCUT2D eigenvalue weighted by Gasteiger charge is -2.32. The summed E-state index contributed by atoms with van der Waals surface area (Å²) >= 11 is 0. The number of aliphatic hydroxyl groups is 1. The molecule has 2 amide bonds. The van der Waals surface area contributed by atoms with Crippen molar-refractivity contribution < 1.29 is 19.4 Å². The average molecular weight is 362 g/mol. The number of nitrogens with two attached hydrogens (primary N) is 1. The van der Waals surface area contributed by atoms with E-state index in [9.17, 15) is 14.7 Å². The summed E-state index contributed by atoms with van der Waals surface area (Å²) < 4.78 is 5.07. The van der Waals surface area contributed by atoms with Gasteiger partial charge in [0.15, 0.2) is 0 Å². The Labute approximate surface area is 153 Å². The fourth-order valence-electron chi connectivity index (χ4n) is 2.81. The number of hydrogen-bond acceptors (Lipinski definition) is 6. The van der Waals surface area contributed by atoms with E-state index in [2.05, 4.69) is 5.10 Å². The van der Waals surface area contributed by atoms with Crippen LogP contribution in [0.2, 0.25) is 0 Å². The highest BCUT2D eigenvalue weighted by Gasteiger charge is 2.25. The van der Waals surface area contributed by atoms with Gasteiger partial charge in [-0.3, -0.25) is 9.59 Å². The highest BCUT2D eigenvalue weighted by Crippen LogP contribution is 2.12. The molecule has 8 nitrogen and oxygen atoms in total. The largest absolute Gasteiger partial charge is 0.393 e. The number of carbonyl (C=O) groups is 2. The van der Waals surface area contributed by atoms with Crippen LogP contribution in [0.5, 0.6) is 0 Å². The second-order valence-corrected chi connectivity index (χ2v) is 6.23. The van der Waals surface area contributed by atoms with Crippen molar-refractivity contribution in [1.29, 1.82) is 0 Å². The monoisotopic (exact) mass is 362 g/mol. The number of rotatable bonds is 7. The zero-order chi connectivity index (χ0) is 18.9. The number of ether oxygens (including phenoxy) is 1. The molecule has 0 spiro atoms. The van der Waals surface area contributed by atoms with Crippen LogP contribution >= 0.6 is 0 Å². The zero-order valence-electron chi connectivity index (χ0n) is 15.0. The molecule has 0 unspecified atom stereocenters.